The lowest BCUT2D eigenvalue weighted by atomic mass is 10.0. The lowest BCUT2D eigenvalue weighted by Crippen LogP contribution is -2.47. The Morgan fingerprint density at radius 1 is 1.07 bits per heavy atom. The minimum absolute atomic E-state index is 0.0889. The molecule has 0 saturated heterocycles. The highest BCUT2D eigenvalue weighted by Crippen LogP contribution is 2.16. The fraction of sp³-hybridized carbons (Fsp3) is 0.286. The summed E-state index contributed by atoms with van der Waals surface area (Å²) < 4.78 is 5.02. The van der Waals surface area contributed by atoms with Gasteiger partial charge in [-0.05, 0) is 17.2 Å². The third-order valence-corrected chi connectivity index (χ3v) is 4.55. The summed E-state index contributed by atoms with van der Waals surface area (Å²) in [6.45, 7) is -0.0988. The second-order valence-corrected chi connectivity index (χ2v) is 7.03. The Morgan fingerprint density at radius 2 is 1.73 bits per heavy atom. The molecule has 0 aliphatic carbocycles. The zero-order valence-corrected chi connectivity index (χ0v) is 17.0. The normalized spacial score (nSPS) is 12.5. The zero-order valence-electron chi connectivity index (χ0n) is 16.2. The molecule has 2 atom stereocenters. The molecule has 2 aromatic carbocycles. The van der Waals surface area contributed by atoms with E-state index in [1.807, 2.05) is 30.3 Å². The van der Waals surface area contributed by atoms with Gasteiger partial charge in [-0.2, -0.15) is 0 Å². The van der Waals surface area contributed by atoms with Crippen LogP contribution >= 0.6 is 11.6 Å². The first-order chi connectivity index (χ1) is 14.3. The van der Waals surface area contributed by atoms with E-state index >= 15 is 0 Å². The number of aliphatic hydroxyl groups is 1. The van der Waals surface area contributed by atoms with Crippen LogP contribution in [-0.2, 0) is 27.4 Å². The summed E-state index contributed by atoms with van der Waals surface area (Å²) in [6.07, 6.45) is -2.08. The van der Waals surface area contributed by atoms with E-state index in [4.69, 9.17) is 22.1 Å². The molecule has 0 aliphatic heterocycles. The second-order valence-electron chi connectivity index (χ2n) is 6.62. The van der Waals surface area contributed by atoms with E-state index in [2.05, 4.69) is 10.6 Å². The van der Waals surface area contributed by atoms with Crippen LogP contribution < -0.4 is 16.4 Å². The number of halogens is 1. The molecule has 0 spiro atoms. The number of aliphatic hydroxyl groups excluding tert-OH is 1. The summed E-state index contributed by atoms with van der Waals surface area (Å²) in [5, 5.41) is 15.3. The van der Waals surface area contributed by atoms with Crippen LogP contribution in [0, 0.1) is 0 Å². The Balaban J connectivity index is 1.74. The van der Waals surface area contributed by atoms with Crippen molar-refractivity contribution in [3.05, 3.63) is 70.7 Å². The first-order valence-corrected chi connectivity index (χ1v) is 9.67. The van der Waals surface area contributed by atoms with Gasteiger partial charge in [0.15, 0.2) is 0 Å². The van der Waals surface area contributed by atoms with Gasteiger partial charge in [-0.3, -0.25) is 9.59 Å². The minimum Gasteiger partial charge on any atom is -0.445 e. The Labute approximate surface area is 179 Å². The van der Waals surface area contributed by atoms with Gasteiger partial charge in [-0.15, -0.1) is 0 Å². The van der Waals surface area contributed by atoms with Crippen LogP contribution in [-0.4, -0.2) is 41.7 Å². The molecule has 8 nitrogen and oxygen atoms in total. The van der Waals surface area contributed by atoms with E-state index < -0.39 is 30.1 Å². The van der Waals surface area contributed by atoms with Gasteiger partial charge >= 0.3 is 6.09 Å². The highest BCUT2D eigenvalue weighted by molar-refractivity contribution is 6.31. The molecule has 0 radical (unpaired) electrons. The number of rotatable bonds is 10. The van der Waals surface area contributed by atoms with E-state index in [0.29, 0.717) is 10.6 Å². The quantitative estimate of drug-likeness (QED) is 0.451. The zero-order chi connectivity index (χ0) is 21.9. The van der Waals surface area contributed by atoms with E-state index in [-0.39, 0.29) is 26.0 Å². The van der Waals surface area contributed by atoms with Crippen LogP contribution in [0.5, 0.6) is 0 Å². The summed E-state index contributed by atoms with van der Waals surface area (Å²) in [5.74, 6) is -1.31. The smallest absolute Gasteiger partial charge is 0.407 e. The molecule has 3 amide bonds. The second kappa shape index (κ2) is 11.8. The van der Waals surface area contributed by atoms with Crippen molar-refractivity contribution >= 4 is 29.5 Å². The van der Waals surface area contributed by atoms with Gasteiger partial charge < -0.3 is 26.2 Å². The third kappa shape index (κ3) is 8.10. The molecular formula is C21H24ClN3O5. The Hall–Kier alpha value is -3.10. The molecule has 2 rings (SSSR count). The first kappa shape index (κ1) is 23.2. The minimum atomic E-state index is -1.16. The summed E-state index contributed by atoms with van der Waals surface area (Å²) in [4.78, 5) is 35.5. The van der Waals surface area contributed by atoms with E-state index in [1.54, 1.807) is 24.3 Å². The molecular weight excluding hydrogens is 410 g/mol. The van der Waals surface area contributed by atoms with Crippen molar-refractivity contribution < 1.29 is 24.2 Å². The molecule has 0 aliphatic rings. The van der Waals surface area contributed by atoms with Gasteiger partial charge in [0.2, 0.25) is 11.8 Å². The molecule has 9 heteroatoms. The van der Waals surface area contributed by atoms with Crippen molar-refractivity contribution in [1.82, 2.24) is 10.6 Å². The summed E-state index contributed by atoms with van der Waals surface area (Å²) >= 11 is 6.07. The predicted octanol–water partition coefficient (Wildman–Crippen LogP) is 1.53. The molecule has 0 heterocycles. The molecule has 0 saturated carbocycles. The van der Waals surface area contributed by atoms with Crippen molar-refractivity contribution in [1.29, 1.82) is 0 Å². The maximum atomic E-state index is 12.1. The fourth-order valence-corrected chi connectivity index (χ4v) is 2.83. The van der Waals surface area contributed by atoms with Crippen molar-refractivity contribution in [3.8, 4) is 0 Å². The fourth-order valence-electron chi connectivity index (χ4n) is 2.62. The largest absolute Gasteiger partial charge is 0.445 e. The number of ether oxygens (including phenoxy) is 1. The average molecular weight is 434 g/mol. The Morgan fingerprint density at radius 3 is 2.40 bits per heavy atom. The predicted molar refractivity (Wildman–Crippen MR) is 112 cm³/mol. The number of hydrogen-bond donors (Lipinski definition) is 4. The lowest BCUT2D eigenvalue weighted by molar-refractivity contribution is -0.128. The van der Waals surface area contributed by atoms with Crippen LogP contribution in [0.2, 0.25) is 5.02 Å². The van der Waals surface area contributed by atoms with E-state index in [0.717, 1.165) is 5.56 Å². The molecule has 160 valence electrons. The van der Waals surface area contributed by atoms with Crippen molar-refractivity contribution in [2.24, 2.45) is 5.73 Å². The first-order valence-electron chi connectivity index (χ1n) is 9.30. The summed E-state index contributed by atoms with van der Waals surface area (Å²) in [7, 11) is 0. The topological polar surface area (TPSA) is 131 Å². The number of carbonyl (C=O) groups is 3. The van der Waals surface area contributed by atoms with Crippen LogP contribution in [0.15, 0.2) is 54.6 Å². The number of amides is 3. The average Bonchev–Trinajstić information content (AvgIpc) is 2.72. The number of primary amides is 1. The van der Waals surface area contributed by atoms with Crippen molar-refractivity contribution in [2.45, 2.75) is 31.6 Å². The van der Waals surface area contributed by atoms with Crippen LogP contribution in [0.3, 0.4) is 0 Å². The number of carbonyl (C=O) groups excluding carboxylic acids is 3. The number of benzene rings is 2. The van der Waals surface area contributed by atoms with Gasteiger partial charge in [0, 0.05) is 18.0 Å². The molecule has 30 heavy (non-hydrogen) atoms. The van der Waals surface area contributed by atoms with Crippen LogP contribution in [0.25, 0.3) is 0 Å². The summed E-state index contributed by atoms with van der Waals surface area (Å²) in [5.41, 5.74) is 6.84. The van der Waals surface area contributed by atoms with Crippen LogP contribution in [0.4, 0.5) is 4.79 Å². The number of nitrogens with two attached hydrogens (primary N) is 1. The highest BCUT2D eigenvalue weighted by atomic mass is 35.5. The molecule has 0 fully saturated rings. The summed E-state index contributed by atoms with van der Waals surface area (Å²) in [6, 6.07) is 15.0. The number of alkyl carbamates (subject to hydrolysis) is 1. The highest BCUT2D eigenvalue weighted by Gasteiger charge is 2.21. The van der Waals surface area contributed by atoms with Crippen molar-refractivity contribution in [3.63, 3.8) is 0 Å². The lowest BCUT2D eigenvalue weighted by Gasteiger charge is -2.18. The third-order valence-electron chi connectivity index (χ3n) is 4.18. The number of nitrogens with one attached hydrogen (secondary N) is 2. The Kier molecular flexibility index (Phi) is 9.11. The number of hydrogen-bond acceptors (Lipinski definition) is 5. The van der Waals surface area contributed by atoms with Gasteiger partial charge in [0.25, 0.3) is 0 Å². The Bertz CT molecular complexity index is 863. The molecule has 0 aromatic heterocycles. The van der Waals surface area contributed by atoms with Gasteiger partial charge in [-0.25, -0.2) is 4.79 Å². The SMILES string of the molecule is NC(=O)[C@@H](Cc1ccccc1Cl)NC(=O)C[C@H](O)CNC(=O)OCc1ccccc1. The maximum absolute atomic E-state index is 12.1. The standard InChI is InChI=1S/C21H24ClN3O5/c22-17-9-5-4-8-15(17)10-18(20(23)28)25-19(27)11-16(26)12-24-21(29)30-13-14-6-2-1-3-7-14/h1-9,16,18,26H,10-13H2,(H2,23,28)(H,24,29)(H,25,27)/t16-,18+/m0/s1. The van der Waals surface area contributed by atoms with E-state index in [1.165, 1.54) is 0 Å². The maximum Gasteiger partial charge on any atom is 0.407 e. The van der Waals surface area contributed by atoms with Gasteiger partial charge in [0.05, 0.1) is 12.5 Å². The molecule has 0 unspecified atom stereocenters. The molecule has 0 bridgehead atoms. The van der Waals surface area contributed by atoms with E-state index in [9.17, 15) is 19.5 Å². The van der Waals surface area contributed by atoms with Crippen molar-refractivity contribution in [2.75, 3.05) is 6.54 Å². The van der Waals surface area contributed by atoms with Gasteiger partial charge in [0.1, 0.15) is 12.6 Å². The van der Waals surface area contributed by atoms with Crippen LogP contribution in [0.1, 0.15) is 17.5 Å². The monoisotopic (exact) mass is 433 g/mol. The molecule has 2 aromatic rings. The van der Waals surface area contributed by atoms with Gasteiger partial charge in [-0.1, -0.05) is 60.1 Å². The molecule has 5 N–H and O–H groups in total.